The molecule has 0 N–H and O–H groups in total. The monoisotopic (exact) mass is 316 g/mol. The Hall–Kier alpha value is 0.150. The van der Waals surface area contributed by atoms with Gasteiger partial charge in [0.05, 0.1) is 4.32 Å². The van der Waals surface area contributed by atoms with Crippen LogP contribution in [0, 0.1) is 5.92 Å². The van der Waals surface area contributed by atoms with Gasteiger partial charge in [-0.3, -0.25) is 4.79 Å². The summed E-state index contributed by atoms with van der Waals surface area (Å²) in [6.45, 7) is 4.43. The summed E-state index contributed by atoms with van der Waals surface area (Å²) in [6.07, 6.45) is 13.0. The fourth-order valence-corrected chi connectivity index (χ4v) is 4.10. The fourth-order valence-electron chi connectivity index (χ4n) is 2.98. The molecular weight excluding hydrogens is 288 g/mol. The molecule has 18 heavy (non-hydrogen) atoms. The van der Waals surface area contributed by atoms with Gasteiger partial charge < -0.3 is 0 Å². The molecule has 1 atom stereocenters. The van der Waals surface area contributed by atoms with Crippen LogP contribution in [0.3, 0.4) is 0 Å². The van der Waals surface area contributed by atoms with Gasteiger partial charge in [-0.05, 0) is 25.2 Å². The third kappa shape index (κ3) is 5.86. The van der Waals surface area contributed by atoms with Crippen molar-refractivity contribution in [2.24, 2.45) is 5.92 Å². The lowest BCUT2D eigenvalue weighted by Crippen LogP contribution is -2.33. The van der Waals surface area contributed by atoms with Crippen LogP contribution < -0.4 is 0 Å². The topological polar surface area (TPSA) is 17.1 Å². The minimum absolute atomic E-state index is 0.222. The molecular formula is C16H29BrO. The first-order chi connectivity index (χ1) is 8.54. The molecule has 1 nitrogen and oxygen atoms in total. The van der Waals surface area contributed by atoms with Crippen molar-refractivity contribution in [3.8, 4) is 0 Å². The Morgan fingerprint density at radius 2 is 1.50 bits per heavy atom. The second kappa shape index (κ2) is 8.35. The Bertz CT molecular complexity index is 249. The summed E-state index contributed by atoms with van der Waals surface area (Å²) >= 11 is 3.80. The van der Waals surface area contributed by atoms with E-state index in [0.717, 1.165) is 25.7 Å². The molecule has 0 aromatic rings. The van der Waals surface area contributed by atoms with Crippen molar-refractivity contribution in [1.29, 1.82) is 0 Å². The van der Waals surface area contributed by atoms with Crippen molar-refractivity contribution >= 4 is 21.7 Å². The average Bonchev–Trinajstić information content (AvgIpc) is 2.28. The number of alkyl halides is 1. The quantitative estimate of drug-likeness (QED) is 0.601. The van der Waals surface area contributed by atoms with E-state index in [0.29, 0.717) is 11.7 Å². The maximum atomic E-state index is 12.4. The smallest absolute Gasteiger partial charge is 0.149 e. The zero-order valence-corrected chi connectivity index (χ0v) is 13.7. The van der Waals surface area contributed by atoms with Crippen molar-refractivity contribution in [3.63, 3.8) is 0 Å². The number of carbonyl (C=O) groups excluding carboxylic acids is 1. The maximum absolute atomic E-state index is 12.4. The lowest BCUT2D eigenvalue weighted by molar-refractivity contribution is -0.122. The summed E-state index contributed by atoms with van der Waals surface area (Å²) < 4.78 is -0.222. The molecule has 0 aromatic carbocycles. The van der Waals surface area contributed by atoms with Crippen LogP contribution in [0.5, 0.6) is 0 Å². The molecule has 0 bridgehead atoms. The van der Waals surface area contributed by atoms with Gasteiger partial charge in [0.1, 0.15) is 5.78 Å². The first kappa shape index (κ1) is 16.2. The van der Waals surface area contributed by atoms with Gasteiger partial charge in [-0.2, -0.15) is 0 Å². The highest BCUT2D eigenvalue weighted by atomic mass is 79.9. The number of Topliss-reactive ketones (excluding diaryl/α,β-unsaturated/α-hetero) is 1. The molecule has 0 saturated heterocycles. The minimum Gasteiger partial charge on any atom is -0.298 e. The van der Waals surface area contributed by atoms with Gasteiger partial charge in [0.2, 0.25) is 0 Å². The number of rotatable bonds is 2. The molecule has 1 rings (SSSR count). The predicted molar refractivity (Wildman–Crippen MR) is 82.3 cm³/mol. The first-order valence-electron chi connectivity index (χ1n) is 7.77. The molecule has 106 valence electrons. The Kier molecular flexibility index (Phi) is 7.51. The van der Waals surface area contributed by atoms with E-state index in [9.17, 15) is 4.79 Å². The third-order valence-electron chi connectivity index (χ3n) is 3.96. The lowest BCUT2D eigenvalue weighted by atomic mass is 9.85. The third-order valence-corrected chi connectivity index (χ3v) is 5.12. The van der Waals surface area contributed by atoms with Gasteiger partial charge in [-0.25, -0.2) is 0 Å². The molecule has 1 saturated carbocycles. The van der Waals surface area contributed by atoms with Crippen LogP contribution in [0.2, 0.25) is 0 Å². The molecule has 2 heteroatoms. The Morgan fingerprint density at radius 3 is 2.06 bits per heavy atom. The number of hydrogen-bond acceptors (Lipinski definition) is 1. The second-order valence-electron chi connectivity index (χ2n) is 6.31. The summed E-state index contributed by atoms with van der Waals surface area (Å²) in [7, 11) is 0. The van der Waals surface area contributed by atoms with Gasteiger partial charge in [0.15, 0.2) is 0 Å². The van der Waals surface area contributed by atoms with E-state index in [1.54, 1.807) is 0 Å². The van der Waals surface area contributed by atoms with E-state index in [1.165, 1.54) is 44.9 Å². The second-order valence-corrected chi connectivity index (χ2v) is 7.83. The van der Waals surface area contributed by atoms with Crippen LogP contribution in [-0.2, 0) is 4.79 Å². The molecule has 1 unspecified atom stereocenters. The van der Waals surface area contributed by atoms with E-state index in [1.807, 2.05) is 0 Å². The normalized spacial score (nSPS) is 28.8. The highest BCUT2D eigenvalue weighted by molar-refractivity contribution is 9.10. The molecule has 0 aromatic heterocycles. The number of hydrogen-bond donors (Lipinski definition) is 0. The van der Waals surface area contributed by atoms with Crippen LogP contribution in [-0.4, -0.2) is 10.1 Å². The largest absolute Gasteiger partial charge is 0.298 e. The van der Waals surface area contributed by atoms with E-state index in [2.05, 4.69) is 29.8 Å². The van der Waals surface area contributed by atoms with Crippen LogP contribution in [0.1, 0.15) is 84.5 Å². The number of carbonyl (C=O) groups is 1. The number of halogens is 1. The van der Waals surface area contributed by atoms with Crippen molar-refractivity contribution in [2.45, 2.75) is 88.8 Å². The summed E-state index contributed by atoms with van der Waals surface area (Å²) in [5.41, 5.74) is 0. The summed E-state index contributed by atoms with van der Waals surface area (Å²) in [6, 6.07) is 0. The van der Waals surface area contributed by atoms with Crippen molar-refractivity contribution in [3.05, 3.63) is 0 Å². The van der Waals surface area contributed by atoms with Gasteiger partial charge in [0, 0.05) is 6.42 Å². The van der Waals surface area contributed by atoms with E-state index in [-0.39, 0.29) is 4.32 Å². The van der Waals surface area contributed by atoms with Crippen molar-refractivity contribution < 1.29 is 4.79 Å². The molecule has 1 aliphatic rings. The predicted octanol–water partition coefficient (Wildman–Crippen LogP) is 5.65. The van der Waals surface area contributed by atoms with E-state index < -0.39 is 0 Å². The molecule has 0 spiro atoms. The minimum atomic E-state index is -0.222. The van der Waals surface area contributed by atoms with Crippen LogP contribution >= 0.6 is 15.9 Å². The first-order valence-corrected chi connectivity index (χ1v) is 8.56. The van der Waals surface area contributed by atoms with Crippen molar-refractivity contribution in [2.75, 3.05) is 0 Å². The summed E-state index contributed by atoms with van der Waals surface area (Å²) in [5, 5.41) is 0. The highest BCUT2D eigenvalue weighted by Crippen LogP contribution is 2.35. The number of ketones is 1. The average molecular weight is 317 g/mol. The van der Waals surface area contributed by atoms with Crippen LogP contribution in [0.4, 0.5) is 0 Å². The molecule has 1 aliphatic carbocycles. The van der Waals surface area contributed by atoms with Crippen LogP contribution in [0.15, 0.2) is 0 Å². The molecule has 0 amide bonds. The molecule has 0 heterocycles. The van der Waals surface area contributed by atoms with E-state index in [4.69, 9.17) is 0 Å². The van der Waals surface area contributed by atoms with Gasteiger partial charge in [-0.1, -0.05) is 74.7 Å². The Labute approximate surface area is 121 Å². The van der Waals surface area contributed by atoms with Crippen molar-refractivity contribution in [1.82, 2.24) is 0 Å². The zero-order valence-electron chi connectivity index (χ0n) is 12.1. The zero-order chi connectivity index (χ0) is 13.4. The Morgan fingerprint density at radius 1 is 1.00 bits per heavy atom. The molecule has 1 fully saturated rings. The van der Waals surface area contributed by atoms with E-state index >= 15 is 0 Å². The van der Waals surface area contributed by atoms with Crippen LogP contribution in [0.25, 0.3) is 0 Å². The standard InChI is InChI=1S/C16H29BrO/c1-14(2)13-16(17)12-10-8-6-4-3-5-7-9-11-15(16)18/h14H,3-13H2,1-2H3. The van der Waals surface area contributed by atoms with Gasteiger partial charge in [0.25, 0.3) is 0 Å². The lowest BCUT2D eigenvalue weighted by Gasteiger charge is -2.28. The summed E-state index contributed by atoms with van der Waals surface area (Å²) in [4.78, 5) is 12.4. The SMILES string of the molecule is CC(C)CC1(Br)CCCCCCCCCCC1=O. The fraction of sp³-hybridized carbons (Fsp3) is 0.938. The molecule has 0 radical (unpaired) electrons. The molecule has 0 aliphatic heterocycles. The Balaban J connectivity index is 2.59. The van der Waals surface area contributed by atoms with Gasteiger partial charge >= 0.3 is 0 Å². The van der Waals surface area contributed by atoms with Gasteiger partial charge in [-0.15, -0.1) is 0 Å². The highest BCUT2D eigenvalue weighted by Gasteiger charge is 2.34. The summed E-state index contributed by atoms with van der Waals surface area (Å²) in [5.74, 6) is 1.04. The maximum Gasteiger partial charge on any atom is 0.149 e.